The minimum atomic E-state index is -1.04. The number of aliphatic hydroxyl groups is 1. The van der Waals surface area contributed by atoms with Gasteiger partial charge in [0.15, 0.2) is 5.82 Å². The van der Waals surface area contributed by atoms with Gasteiger partial charge in [-0.1, -0.05) is 23.7 Å². The van der Waals surface area contributed by atoms with E-state index < -0.39 is 12.1 Å². The van der Waals surface area contributed by atoms with Crippen LogP contribution in [0.5, 0.6) is 0 Å². The number of fused-ring (bicyclic) bond motifs is 1. The first-order chi connectivity index (χ1) is 12.1. The molecule has 25 heavy (non-hydrogen) atoms. The molecule has 7 heteroatoms. The van der Waals surface area contributed by atoms with Crippen molar-refractivity contribution in [3.05, 3.63) is 53.3 Å². The number of amides is 1. The Hall–Kier alpha value is -2.44. The van der Waals surface area contributed by atoms with Crippen LogP contribution in [0.3, 0.4) is 0 Å². The third kappa shape index (κ3) is 2.99. The monoisotopic (exact) mass is 359 g/mol. The van der Waals surface area contributed by atoms with Gasteiger partial charge in [-0.05, 0) is 30.2 Å². The van der Waals surface area contributed by atoms with E-state index in [1.54, 1.807) is 28.8 Å². The smallest absolute Gasteiger partial charge is 0.231 e. The molecule has 0 bridgehead atoms. The van der Waals surface area contributed by atoms with Gasteiger partial charge in [0, 0.05) is 22.3 Å². The molecule has 2 atom stereocenters. The number of rotatable bonds is 4. The molecular formula is C18H15ClFN3O2. The van der Waals surface area contributed by atoms with Crippen LogP contribution in [0, 0.1) is 5.92 Å². The van der Waals surface area contributed by atoms with Gasteiger partial charge in [0.05, 0.1) is 18.7 Å². The molecule has 2 N–H and O–H groups in total. The van der Waals surface area contributed by atoms with E-state index in [2.05, 4.69) is 10.3 Å². The summed E-state index contributed by atoms with van der Waals surface area (Å²) < 4.78 is 14.7. The minimum absolute atomic E-state index is 0.120. The molecule has 1 fully saturated rings. The van der Waals surface area contributed by atoms with Crippen LogP contribution in [-0.2, 0) is 11.4 Å². The number of pyridine rings is 1. The summed E-state index contributed by atoms with van der Waals surface area (Å²) in [5.74, 6) is -0.525. The highest BCUT2D eigenvalue weighted by Gasteiger charge is 2.43. The summed E-state index contributed by atoms with van der Waals surface area (Å²) in [4.78, 5) is 16.1. The van der Waals surface area contributed by atoms with E-state index >= 15 is 0 Å². The average Bonchev–Trinajstić information content (AvgIpc) is 3.20. The van der Waals surface area contributed by atoms with Gasteiger partial charge in [0.2, 0.25) is 5.91 Å². The van der Waals surface area contributed by atoms with Gasteiger partial charge in [-0.15, -0.1) is 0 Å². The Labute approximate surface area is 148 Å². The van der Waals surface area contributed by atoms with E-state index in [1.165, 1.54) is 0 Å². The summed E-state index contributed by atoms with van der Waals surface area (Å²) in [6.45, 7) is -0.120. The van der Waals surface area contributed by atoms with Crippen molar-refractivity contribution in [2.24, 2.45) is 5.92 Å². The molecule has 4 rings (SSSR count). The summed E-state index contributed by atoms with van der Waals surface area (Å²) in [6, 6.07) is 9.02. The first-order valence-electron chi connectivity index (χ1n) is 7.89. The molecular weight excluding hydrogens is 345 g/mol. The Balaban J connectivity index is 1.68. The van der Waals surface area contributed by atoms with E-state index in [1.807, 2.05) is 18.3 Å². The number of halogens is 2. The van der Waals surface area contributed by atoms with Crippen molar-refractivity contribution >= 4 is 29.0 Å². The minimum Gasteiger partial charge on any atom is -0.392 e. The van der Waals surface area contributed by atoms with Crippen LogP contribution in [0.4, 0.5) is 10.2 Å². The predicted octanol–water partition coefficient (Wildman–Crippen LogP) is 3.44. The zero-order valence-corrected chi connectivity index (χ0v) is 13.9. The highest BCUT2D eigenvalue weighted by atomic mass is 35.5. The van der Waals surface area contributed by atoms with Crippen LogP contribution in [0.2, 0.25) is 5.02 Å². The standard InChI is InChI=1S/C18H15ClFN3O2/c19-13-3-1-2-11(9-24)17(13)10-4-5-16-21-15(8-23(16)7-10)22-18(25)12-6-14(12)20/h1-5,7-8,12,14,24H,6,9H2,(H,22,25). The number of nitrogens with zero attached hydrogens (tertiary/aromatic N) is 2. The summed E-state index contributed by atoms with van der Waals surface area (Å²) in [6.07, 6.45) is 2.73. The summed E-state index contributed by atoms with van der Waals surface area (Å²) in [7, 11) is 0. The van der Waals surface area contributed by atoms with Crippen molar-refractivity contribution in [3.8, 4) is 11.1 Å². The number of carbonyl (C=O) groups excluding carboxylic acids is 1. The van der Waals surface area contributed by atoms with Gasteiger partial charge in [-0.25, -0.2) is 9.37 Å². The van der Waals surface area contributed by atoms with Gasteiger partial charge < -0.3 is 14.8 Å². The molecule has 1 aliphatic rings. The lowest BCUT2D eigenvalue weighted by Gasteiger charge is -2.10. The second kappa shape index (κ2) is 6.13. The van der Waals surface area contributed by atoms with E-state index in [0.717, 1.165) is 16.7 Å². The summed E-state index contributed by atoms with van der Waals surface area (Å²) in [5.41, 5.74) is 2.95. The number of hydrogen-bond acceptors (Lipinski definition) is 3. The zero-order chi connectivity index (χ0) is 17.6. The van der Waals surface area contributed by atoms with Gasteiger partial charge in [-0.3, -0.25) is 4.79 Å². The molecule has 1 amide bonds. The average molecular weight is 360 g/mol. The molecule has 0 radical (unpaired) electrons. The van der Waals surface area contributed by atoms with Gasteiger partial charge in [0.25, 0.3) is 0 Å². The summed E-state index contributed by atoms with van der Waals surface area (Å²) in [5, 5.41) is 12.7. The second-order valence-electron chi connectivity index (χ2n) is 6.09. The molecule has 2 aromatic heterocycles. The second-order valence-corrected chi connectivity index (χ2v) is 6.50. The zero-order valence-electron chi connectivity index (χ0n) is 13.1. The molecule has 0 spiro atoms. The number of hydrogen-bond donors (Lipinski definition) is 2. The topological polar surface area (TPSA) is 66.6 Å². The number of carbonyl (C=O) groups is 1. The van der Waals surface area contributed by atoms with Crippen molar-refractivity contribution in [2.45, 2.75) is 19.2 Å². The lowest BCUT2D eigenvalue weighted by molar-refractivity contribution is -0.117. The highest BCUT2D eigenvalue weighted by molar-refractivity contribution is 6.33. The molecule has 1 aliphatic carbocycles. The Kier molecular flexibility index (Phi) is 3.94. The van der Waals surface area contributed by atoms with Crippen LogP contribution in [-0.4, -0.2) is 26.6 Å². The quantitative estimate of drug-likeness (QED) is 0.749. The molecule has 2 heterocycles. The lowest BCUT2D eigenvalue weighted by atomic mass is 10.0. The molecule has 3 aromatic rings. The maximum absolute atomic E-state index is 13.0. The highest BCUT2D eigenvalue weighted by Crippen LogP contribution is 2.35. The fourth-order valence-corrected chi connectivity index (χ4v) is 3.18. The van der Waals surface area contributed by atoms with Crippen LogP contribution in [0.25, 0.3) is 16.8 Å². The van der Waals surface area contributed by atoms with Crippen LogP contribution in [0.15, 0.2) is 42.7 Å². The number of anilines is 1. The molecule has 1 aromatic carbocycles. The Morgan fingerprint density at radius 2 is 2.16 bits per heavy atom. The van der Waals surface area contributed by atoms with Crippen molar-refractivity contribution in [2.75, 3.05) is 5.32 Å². The number of aromatic nitrogens is 2. The van der Waals surface area contributed by atoms with E-state index in [0.29, 0.717) is 16.5 Å². The fourth-order valence-electron chi connectivity index (χ4n) is 2.88. The number of imidazole rings is 1. The first kappa shape index (κ1) is 16.1. The lowest BCUT2D eigenvalue weighted by Crippen LogP contribution is -2.15. The third-order valence-electron chi connectivity index (χ3n) is 4.31. The van der Waals surface area contributed by atoms with Crippen molar-refractivity contribution < 1.29 is 14.3 Å². The van der Waals surface area contributed by atoms with Crippen LogP contribution in [0.1, 0.15) is 12.0 Å². The molecule has 5 nitrogen and oxygen atoms in total. The Bertz CT molecular complexity index is 972. The third-order valence-corrected chi connectivity index (χ3v) is 4.63. The SMILES string of the molecule is O=C(Nc1cn2cc(-c3c(Cl)cccc3CO)ccc2n1)C1CC1F. The van der Waals surface area contributed by atoms with Crippen molar-refractivity contribution in [3.63, 3.8) is 0 Å². The summed E-state index contributed by atoms with van der Waals surface area (Å²) >= 11 is 6.29. The Morgan fingerprint density at radius 3 is 2.88 bits per heavy atom. The first-order valence-corrected chi connectivity index (χ1v) is 8.27. The molecule has 0 saturated heterocycles. The van der Waals surface area contributed by atoms with Crippen molar-refractivity contribution in [1.29, 1.82) is 0 Å². The largest absolute Gasteiger partial charge is 0.392 e. The Morgan fingerprint density at radius 1 is 1.36 bits per heavy atom. The molecule has 2 unspecified atom stereocenters. The number of alkyl halides is 1. The predicted molar refractivity (Wildman–Crippen MR) is 93.2 cm³/mol. The number of benzene rings is 1. The fraction of sp³-hybridized carbons (Fsp3) is 0.222. The van der Waals surface area contributed by atoms with E-state index in [9.17, 15) is 14.3 Å². The number of aliphatic hydroxyl groups excluding tert-OH is 1. The molecule has 0 aliphatic heterocycles. The molecule has 128 valence electrons. The van der Waals surface area contributed by atoms with Crippen molar-refractivity contribution in [1.82, 2.24) is 9.38 Å². The van der Waals surface area contributed by atoms with Gasteiger partial charge >= 0.3 is 0 Å². The molecule has 1 saturated carbocycles. The van der Waals surface area contributed by atoms with E-state index in [4.69, 9.17) is 11.6 Å². The maximum Gasteiger partial charge on any atom is 0.231 e. The normalized spacial score (nSPS) is 19.2. The maximum atomic E-state index is 13.0. The van der Waals surface area contributed by atoms with Gasteiger partial charge in [0.1, 0.15) is 11.8 Å². The van der Waals surface area contributed by atoms with Gasteiger partial charge in [-0.2, -0.15) is 0 Å². The van der Waals surface area contributed by atoms with Crippen LogP contribution >= 0.6 is 11.6 Å². The van der Waals surface area contributed by atoms with Crippen LogP contribution < -0.4 is 5.32 Å². The van der Waals surface area contributed by atoms with E-state index in [-0.39, 0.29) is 18.9 Å². The number of nitrogens with one attached hydrogen (secondary N) is 1.